The van der Waals surface area contributed by atoms with Crippen molar-refractivity contribution in [2.75, 3.05) is 46.2 Å². The van der Waals surface area contributed by atoms with Crippen LogP contribution in [0.2, 0.25) is 321 Å². The molecule has 1 fully saturated rings. The second-order valence-corrected chi connectivity index (χ2v) is 125. The van der Waals surface area contributed by atoms with Gasteiger partial charge >= 0.3 is 55.6 Å². The molecule has 0 saturated carbocycles. The molecule has 0 aliphatic carbocycles. The van der Waals surface area contributed by atoms with Gasteiger partial charge in [0, 0.05) is 67.4 Å². The Labute approximate surface area is 797 Å². The molecule has 0 aromatic heterocycles. The van der Waals surface area contributed by atoms with Gasteiger partial charge in [0.1, 0.15) is 0 Å². The summed E-state index contributed by atoms with van der Waals surface area (Å²) in [6.07, 6.45) is 6.80. The molecule has 121 heavy (non-hydrogen) atoms. The standard InChI is InChI=1S/C24H54O4Si4.C21H53O3Si5.C18H40O4Si3.C9H17ClO2Si.C9H21OSi.C6H16OSi2.2Li/c1-22(2)23(25)26-16-14-19-30(8,9)28-31(10,11)21-20-29(6,7)18-15-17-27-32(12,13)24(3,4)5;1-21(2,3)29(12,13)23-15-14-16-25(4,5)17-19-27(8,9)24-28(10,11)20-18-26(6,7)22;1-17(2)18(20)21-12-10-14-24(5,6)22-25(7,8)16-15-23(3,4)13-9-11-19;1-8(2)9(11)12-6-5-7-13(3,4)10;1-7-8-10-11(5,6)9(2,3)4;1-8(2)5-6-9(3,4)7-8;;/h1,14-21H2,2-13H3;14-20H2,1-13H3;19H,1,9-16H2,2-8H3;1,5-7H2,2-4H3;1,7-8H2,2-6H3;5-6H2,1-4H3;;/q;-1;;;-1;;2*+1. The van der Waals surface area contributed by atoms with Crippen molar-refractivity contribution in [1.82, 2.24) is 0 Å². The molecule has 1 aliphatic rings. The van der Waals surface area contributed by atoms with Crippen LogP contribution in [0.15, 0.2) is 36.5 Å². The number of rotatable bonds is 49. The number of ether oxygens (including phenoxy) is 3. The minimum atomic E-state index is -2.22. The van der Waals surface area contributed by atoms with E-state index in [1.807, 2.05) is 13.1 Å². The van der Waals surface area contributed by atoms with Gasteiger partial charge in [0.05, 0.1) is 19.8 Å². The average Bonchev–Trinajstić information content (AvgIpc) is 1.66. The molecule has 0 atom stereocenters. The number of aliphatic hydroxyl groups excluding tert-OH is 1. The Morgan fingerprint density at radius 3 is 0.802 bits per heavy atom. The Kier molecular flexibility index (Phi) is 66.6. The second-order valence-electron chi connectivity index (χ2n) is 47.7. The van der Waals surface area contributed by atoms with E-state index in [-0.39, 0.29) is 60.7 Å². The van der Waals surface area contributed by atoms with Gasteiger partial charge in [0.25, 0.3) is 0 Å². The van der Waals surface area contributed by atoms with Gasteiger partial charge in [-0.1, -0.05) is 198 Å². The number of aliphatic hydroxyl groups is 1. The van der Waals surface area contributed by atoms with E-state index in [9.17, 15) is 19.2 Å². The van der Waals surface area contributed by atoms with Crippen molar-refractivity contribution in [2.24, 2.45) is 0 Å². The van der Waals surface area contributed by atoms with Gasteiger partial charge in [0.2, 0.25) is 0 Å². The summed E-state index contributed by atoms with van der Waals surface area (Å²) in [4.78, 5) is 46.0. The summed E-state index contributed by atoms with van der Waals surface area (Å²) in [6.45, 7) is 119. The number of esters is 3. The first-order valence-corrected chi connectivity index (χ1v) is 96.9. The molecule has 0 radical (unpaired) electrons. The SMILES string of the molecule is C=C(C)C(=O)OCCC[Si](C)(C)Cl.C=C(C)C(=O)OCCC[Si](C)(C)O[Si](C)(C)CC[Si](C)(C)CCCO.C=C(C)C(=O)OCCC[Si](C)(C)O[Si](C)(C)CC[Si](C)(C)CCCO[Si](C)(C)C(C)(C)C.CC(C)(C)[Si](C)(C)OCCC[Si](C)(C)CC[Si](C)(C)O[Si](C)(C)CC[Si](C)(C)[O-].C[Si]1(C)CC[Si](C)(C)O1.[CH2-]CCO[Si](C)(C)C(C)(C)C.[Li+].[Li+]. The van der Waals surface area contributed by atoms with Crippen molar-refractivity contribution in [3.05, 3.63) is 43.4 Å². The Morgan fingerprint density at radius 1 is 0.372 bits per heavy atom. The molecule has 712 valence electrons. The maximum absolute atomic E-state index is 12.1. The van der Waals surface area contributed by atoms with Gasteiger partial charge in [0.15, 0.2) is 98.9 Å². The van der Waals surface area contributed by atoms with Crippen LogP contribution in [0.3, 0.4) is 0 Å². The van der Waals surface area contributed by atoms with Crippen LogP contribution in [0.5, 0.6) is 0 Å². The fourth-order valence-corrected chi connectivity index (χ4v) is 75.4. The molecule has 0 unspecified atom stereocenters. The zero-order chi connectivity index (χ0) is 95.2. The molecule has 0 spiro atoms. The van der Waals surface area contributed by atoms with Gasteiger partial charge in [-0.3, -0.25) is 0 Å². The molecule has 0 bridgehead atoms. The van der Waals surface area contributed by atoms with Crippen LogP contribution in [0.25, 0.3) is 0 Å². The summed E-state index contributed by atoms with van der Waals surface area (Å²) in [6, 6.07) is 19.3. The van der Waals surface area contributed by atoms with Crippen LogP contribution in [-0.2, 0) is 58.3 Å². The first kappa shape index (κ1) is 136. The number of halogens is 1. The maximum Gasteiger partial charge on any atom is 1.00 e. The monoisotopic (exact) mass is 1980 g/mol. The quantitative estimate of drug-likeness (QED) is 0.0115. The minimum Gasteiger partial charge on any atom is -0.859 e. The predicted octanol–water partition coefficient (Wildman–Crippen LogP) is 22.8. The van der Waals surface area contributed by atoms with Crippen LogP contribution >= 0.6 is 11.1 Å². The molecule has 1 N–H and O–H groups in total. The van der Waals surface area contributed by atoms with E-state index in [1.54, 1.807) is 20.8 Å². The minimum absolute atomic E-state index is 0. The summed E-state index contributed by atoms with van der Waals surface area (Å²) >= 11 is 6.09. The third-order valence-electron chi connectivity index (χ3n) is 23.5. The third kappa shape index (κ3) is 76.2. The molecule has 0 aromatic rings. The third-order valence-corrected chi connectivity index (χ3v) is 82.7. The maximum atomic E-state index is 12.1. The van der Waals surface area contributed by atoms with E-state index in [0.29, 0.717) is 53.2 Å². The number of carbonyl (C=O) groups excluding carboxylic acids is 3. The first-order valence-electron chi connectivity index (χ1n) is 45.6. The van der Waals surface area contributed by atoms with Gasteiger partial charge < -0.3 is 60.8 Å². The van der Waals surface area contributed by atoms with Crippen molar-refractivity contribution in [1.29, 1.82) is 0 Å². The van der Waals surface area contributed by atoms with Crippen molar-refractivity contribution < 1.29 is 106 Å². The normalized spacial score (nSPS) is 14.7. The molecule has 34 heteroatoms. The van der Waals surface area contributed by atoms with Crippen molar-refractivity contribution in [3.8, 4) is 0 Å². The first-order chi connectivity index (χ1) is 52.6. The topological polar surface area (TPSA) is 187 Å². The summed E-state index contributed by atoms with van der Waals surface area (Å²) < 4.78 is 60.2. The van der Waals surface area contributed by atoms with Gasteiger partial charge in [-0.05, 0) is 273 Å². The van der Waals surface area contributed by atoms with E-state index in [4.69, 9.17) is 60.1 Å². The Morgan fingerprint density at radius 2 is 0.595 bits per heavy atom. The average molecular weight is 1990 g/mol. The van der Waals surface area contributed by atoms with E-state index >= 15 is 0 Å². The summed E-state index contributed by atoms with van der Waals surface area (Å²) in [5.74, 6) is -0.902. The van der Waals surface area contributed by atoms with Crippen LogP contribution in [0, 0.1) is 6.92 Å². The van der Waals surface area contributed by atoms with Crippen molar-refractivity contribution in [2.45, 2.75) is 449 Å². The summed E-state index contributed by atoms with van der Waals surface area (Å²) in [7, 11) is -24.6. The second kappa shape index (κ2) is 59.2. The van der Waals surface area contributed by atoms with E-state index in [1.165, 1.54) is 79.3 Å². The number of hydrogen-bond donors (Lipinski definition) is 1. The van der Waals surface area contributed by atoms with E-state index in [0.717, 1.165) is 82.1 Å². The largest absolute Gasteiger partial charge is 1.00 e. The number of hydrogen-bond acceptors (Lipinski definition) is 15. The van der Waals surface area contributed by atoms with Crippen LogP contribution in [0.1, 0.15) is 128 Å². The predicted molar refractivity (Wildman–Crippen MR) is 566 cm³/mol. The zero-order valence-corrected chi connectivity index (χ0v) is 106. The van der Waals surface area contributed by atoms with Gasteiger partial charge in [-0.25, -0.2) is 14.4 Å². The van der Waals surface area contributed by atoms with Crippen molar-refractivity contribution in [3.63, 3.8) is 0 Å². The fraction of sp³-hybridized carbons (Fsp3) is 0.885. The summed E-state index contributed by atoms with van der Waals surface area (Å²) in [5, 5.41) is 9.98. The Hall–Kier alpha value is 2.22. The van der Waals surface area contributed by atoms with Gasteiger partial charge in [-0.2, -0.15) is 17.5 Å². The smallest absolute Gasteiger partial charge is 0.859 e. The van der Waals surface area contributed by atoms with Gasteiger partial charge in [-0.15, -0.1) is 0 Å². The molecule has 0 aromatic carbocycles. The molecule has 1 saturated heterocycles. The molecule has 1 rings (SSSR count). The van der Waals surface area contributed by atoms with Crippen molar-refractivity contribution >= 4 is 160 Å². The molecule has 15 nitrogen and oxygen atoms in total. The van der Waals surface area contributed by atoms with E-state index in [2.05, 4.69) is 285 Å². The molecule has 1 heterocycles. The summed E-state index contributed by atoms with van der Waals surface area (Å²) in [5.41, 5.74) is 1.36. The Balaban J connectivity index is -0.000000270. The Bertz CT molecular complexity index is 2890. The molecular weight excluding hydrogens is 1780 g/mol. The fourth-order valence-electron chi connectivity index (χ4n) is 12.5. The van der Waals surface area contributed by atoms with Crippen LogP contribution in [-0.4, -0.2) is 201 Å². The van der Waals surface area contributed by atoms with Crippen LogP contribution in [0.4, 0.5) is 0 Å². The zero-order valence-electron chi connectivity index (χ0n) is 89.1. The number of carbonyl (C=O) groups is 3. The van der Waals surface area contributed by atoms with Crippen LogP contribution < -0.4 is 42.5 Å². The molecular formula is C87H201ClLi2O15Si16. The molecule has 0 amide bonds. The molecule has 1 aliphatic heterocycles. The van der Waals surface area contributed by atoms with E-state index < -0.39 is 131 Å².